The Hall–Kier alpha value is -0.970. The molecule has 2 aliphatic heterocycles. The first-order valence-electron chi connectivity index (χ1n) is 10.6. The molecule has 0 radical (unpaired) electrons. The lowest BCUT2D eigenvalue weighted by molar-refractivity contribution is 0.0435. The molecular weight excluding hydrogens is 325 g/mol. The summed E-state index contributed by atoms with van der Waals surface area (Å²) in [5.41, 5.74) is 0.457. The maximum atomic E-state index is 14.9. The lowest BCUT2D eigenvalue weighted by atomic mass is 9.90. The Kier molecular flexibility index (Phi) is 5.92. The molecule has 0 bridgehead atoms. The lowest BCUT2D eigenvalue weighted by Crippen LogP contribution is -2.49. The molecule has 26 heavy (non-hydrogen) atoms. The first kappa shape index (κ1) is 18.4. The highest BCUT2D eigenvalue weighted by Gasteiger charge is 2.36. The zero-order valence-electron chi connectivity index (χ0n) is 16.0. The van der Waals surface area contributed by atoms with E-state index in [0.717, 1.165) is 25.6 Å². The van der Waals surface area contributed by atoms with E-state index in [1.54, 1.807) is 0 Å². The van der Waals surface area contributed by atoms with Gasteiger partial charge in [-0.3, -0.25) is 4.90 Å². The number of likely N-dealkylation sites (tertiary alicyclic amines) is 2. The molecule has 1 N–H and O–H groups in total. The first-order chi connectivity index (χ1) is 12.7. The van der Waals surface area contributed by atoms with Crippen LogP contribution in [0.15, 0.2) is 30.3 Å². The monoisotopic (exact) mass is 359 g/mol. The van der Waals surface area contributed by atoms with Crippen molar-refractivity contribution in [3.8, 4) is 0 Å². The highest BCUT2D eigenvalue weighted by molar-refractivity contribution is 5.14. The number of benzene rings is 1. The van der Waals surface area contributed by atoms with Crippen molar-refractivity contribution in [2.75, 3.05) is 39.3 Å². The van der Waals surface area contributed by atoms with Crippen molar-refractivity contribution < 1.29 is 4.39 Å². The van der Waals surface area contributed by atoms with Crippen LogP contribution in [0.2, 0.25) is 0 Å². The second-order valence-electron chi connectivity index (χ2n) is 8.81. The van der Waals surface area contributed by atoms with E-state index >= 15 is 0 Å². The number of nitrogens with zero attached hydrogens (tertiary/aromatic N) is 2. The standard InChI is InChI=1S/C22H34FN3/c23-22(18-24-21-6-7-21)10-14-26(15-11-22)17-20-8-12-25(13-9-20)16-19-4-2-1-3-5-19/h1-5,20-21,24H,6-18H2. The van der Waals surface area contributed by atoms with Crippen molar-refractivity contribution >= 4 is 0 Å². The van der Waals surface area contributed by atoms with E-state index in [9.17, 15) is 4.39 Å². The summed E-state index contributed by atoms with van der Waals surface area (Å²) in [6.45, 7) is 7.10. The summed E-state index contributed by atoms with van der Waals surface area (Å²) < 4.78 is 14.9. The number of nitrogens with one attached hydrogen (secondary N) is 1. The summed E-state index contributed by atoms with van der Waals surface area (Å²) in [5.74, 6) is 0.790. The molecule has 3 aliphatic rings. The minimum absolute atomic E-state index is 0.573. The van der Waals surface area contributed by atoms with Gasteiger partial charge >= 0.3 is 0 Å². The van der Waals surface area contributed by atoms with Gasteiger partial charge in [0, 0.05) is 38.8 Å². The Labute approximate surface area is 157 Å². The normalized spacial score (nSPS) is 25.4. The minimum atomic E-state index is -0.960. The van der Waals surface area contributed by atoms with E-state index in [0.29, 0.717) is 25.4 Å². The van der Waals surface area contributed by atoms with Crippen LogP contribution < -0.4 is 5.32 Å². The van der Waals surface area contributed by atoms with Crippen molar-refractivity contribution in [3.63, 3.8) is 0 Å². The fourth-order valence-electron chi connectivity index (χ4n) is 4.46. The van der Waals surface area contributed by atoms with Gasteiger partial charge in [-0.15, -0.1) is 0 Å². The van der Waals surface area contributed by atoms with Crippen molar-refractivity contribution in [2.45, 2.75) is 56.8 Å². The molecule has 1 aliphatic carbocycles. The van der Waals surface area contributed by atoms with E-state index in [2.05, 4.69) is 45.4 Å². The Balaban J connectivity index is 1.15. The molecule has 3 nitrogen and oxygen atoms in total. The summed E-state index contributed by atoms with van der Waals surface area (Å²) >= 11 is 0. The van der Waals surface area contributed by atoms with Gasteiger partial charge in [-0.2, -0.15) is 0 Å². The van der Waals surface area contributed by atoms with E-state index in [1.165, 1.54) is 50.9 Å². The fraction of sp³-hybridized carbons (Fsp3) is 0.727. The average Bonchev–Trinajstić information content (AvgIpc) is 3.49. The van der Waals surface area contributed by atoms with E-state index in [1.807, 2.05) is 0 Å². The molecule has 2 saturated heterocycles. The number of halogens is 1. The molecule has 2 heterocycles. The predicted molar refractivity (Wildman–Crippen MR) is 105 cm³/mol. The summed E-state index contributed by atoms with van der Waals surface area (Å²) in [7, 11) is 0. The second-order valence-corrected chi connectivity index (χ2v) is 8.81. The molecule has 0 aromatic heterocycles. The number of piperidine rings is 2. The van der Waals surface area contributed by atoms with Crippen LogP contribution in [-0.2, 0) is 6.54 Å². The van der Waals surface area contributed by atoms with Crippen LogP contribution in [0.4, 0.5) is 4.39 Å². The molecule has 4 rings (SSSR count). The highest BCUT2D eigenvalue weighted by atomic mass is 19.1. The second kappa shape index (κ2) is 8.37. The third-order valence-electron chi connectivity index (χ3n) is 6.51. The average molecular weight is 360 g/mol. The zero-order valence-corrected chi connectivity index (χ0v) is 16.0. The fourth-order valence-corrected chi connectivity index (χ4v) is 4.46. The topological polar surface area (TPSA) is 18.5 Å². The van der Waals surface area contributed by atoms with Crippen molar-refractivity contribution in [1.82, 2.24) is 15.1 Å². The van der Waals surface area contributed by atoms with Gasteiger partial charge in [0.05, 0.1) is 0 Å². The molecule has 3 fully saturated rings. The molecule has 0 unspecified atom stereocenters. The summed E-state index contributed by atoms with van der Waals surface area (Å²) in [4.78, 5) is 5.10. The highest BCUT2D eigenvalue weighted by Crippen LogP contribution is 2.29. The summed E-state index contributed by atoms with van der Waals surface area (Å²) in [5, 5.41) is 3.39. The Morgan fingerprint density at radius 2 is 1.62 bits per heavy atom. The first-order valence-corrected chi connectivity index (χ1v) is 10.6. The maximum absolute atomic E-state index is 14.9. The van der Waals surface area contributed by atoms with Gasteiger partial charge in [-0.05, 0) is 63.1 Å². The Morgan fingerprint density at radius 1 is 0.923 bits per heavy atom. The van der Waals surface area contributed by atoms with Crippen LogP contribution >= 0.6 is 0 Å². The third-order valence-corrected chi connectivity index (χ3v) is 6.51. The van der Waals surface area contributed by atoms with Gasteiger partial charge in [0.2, 0.25) is 0 Å². The molecule has 144 valence electrons. The van der Waals surface area contributed by atoms with Gasteiger partial charge in [-0.25, -0.2) is 4.39 Å². The quantitative estimate of drug-likeness (QED) is 0.804. The van der Waals surface area contributed by atoms with Gasteiger partial charge in [0.25, 0.3) is 0 Å². The predicted octanol–water partition coefficient (Wildman–Crippen LogP) is 3.45. The van der Waals surface area contributed by atoms with Crippen molar-refractivity contribution in [2.24, 2.45) is 5.92 Å². The molecule has 0 amide bonds. The molecule has 0 atom stereocenters. The summed E-state index contributed by atoms with van der Waals surface area (Å²) in [6, 6.07) is 11.4. The van der Waals surface area contributed by atoms with Crippen LogP contribution in [-0.4, -0.2) is 60.8 Å². The molecule has 1 aromatic carbocycles. The van der Waals surface area contributed by atoms with Crippen LogP contribution in [0.3, 0.4) is 0 Å². The zero-order chi connectivity index (χ0) is 17.8. The van der Waals surface area contributed by atoms with E-state index in [-0.39, 0.29) is 0 Å². The Bertz CT molecular complexity index is 544. The lowest BCUT2D eigenvalue weighted by Gasteiger charge is -2.40. The SMILES string of the molecule is FC1(CNC2CC2)CCN(CC2CCN(Cc3ccccc3)CC2)CC1. The molecule has 1 aromatic rings. The number of hydrogen-bond acceptors (Lipinski definition) is 3. The number of hydrogen-bond donors (Lipinski definition) is 1. The van der Waals surface area contributed by atoms with Crippen LogP contribution in [0, 0.1) is 5.92 Å². The largest absolute Gasteiger partial charge is 0.311 e. The maximum Gasteiger partial charge on any atom is 0.125 e. The molecular formula is C22H34FN3. The van der Waals surface area contributed by atoms with Gasteiger partial charge in [-0.1, -0.05) is 30.3 Å². The van der Waals surface area contributed by atoms with Gasteiger partial charge in [0.1, 0.15) is 5.67 Å². The van der Waals surface area contributed by atoms with Crippen molar-refractivity contribution in [1.29, 1.82) is 0 Å². The summed E-state index contributed by atoms with van der Waals surface area (Å²) in [6.07, 6.45) is 6.47. The number of rotatable bonds is 7. The van der Waals surface area contributed by atoms with Gasteiger partial charge < -0.3 is 10.2 Å². The van der Waals surface area contributed by atoms with E-state index < -0.39 is 5.67 Å². The Morgan fingerprint density at radius 3 is 2.27 bits per heavy atom. The van der Waals surface area contributed by atoms with Gasteiger partial charge in [0.15, 0.2) is 0 Å². The molecule has 0 spiro atoms. The van der Waals surface area contributed by atoms with Crippen molar-refractivity contribution in [3.05, 3.63) is 35.9 Å². The number of alkyl halides is 1. The van der Waals surface area contributed by atoms with E-state index in [4.69, 9.17) is 0 Å². The van der Waals surface area contributed by atoms with Crippen LogP contribution in [0.1, 0.15) is 44.1 Å². The third kappa shape index (κ3) is 5.28. The molecule has 1 saturated carbocycles. The minimum Gasteiger partial charge on any atom is -0.311 e. The molecule has 4 heteroatoms. The van der Waals surface area contributed by atoms with Crippen LogP contribution in [0.25, 0.3) is 0 Å². The smallest absolute Gasteiger partial charge is 0.125 e. The van der Waals surface area contributed by atoms with Crippen LogP contribution in [0.5, 0.6) is 0 Å².